The van der Waals surface area contributed by atoms with Crippen LogP contribution in [0.2, 0.25) is 0 Å². The third-order valence-electron chi connectivity index (χ3n) is 7.18. The number of amides is 2. The van der Waals surface area contributed by atoms with E-state index in [-0.39, 0.29) is 34.8 Å². The van der Waals surface area contributed by atoms with Crippen LogP contribution in [0.25, 0.3) is 11.1 Å². The fourth-order valence-electron chi connectivity index (χ4n) is 5.32. The Morgan fingerprint density at radius 1 is 0.886 bits per heavy atom. The minimum atomic E-state index is -0.853. The van der Waals surface area contributed by atoms with Crippen molar-refractivity contribution >= 4 is 29.5 Å². The Labute approximate surface area is 209 Å². The topological polar surface area (TPSA) is 74.7 Å². The third kappa shape index (κ3) is 4.50. The van der Waals surface area contributed by atoms with Gasteiger partial charge in [-0.15, -0.1) is 11.8 Å². The molecule has 178 valence electrons. The largest absolute Gasteiger partial charge is 0.481 e. The van der Waals surface area contributed by atoms with Crippen molar-refractivity contribution in [2.45, 2.75) is 30.3 Å². The molecule has 0 bridgehead atoms. The number of fused-ring (bicyclic) bond motifs is 1. The van der Waals surface area contributed by atoms with E-state index in [0.29, 0.717) is 17.5 Å². The first-order valence-electron chi connectivity index (χ1n) is 11.9. The molecule has 1 fully saturated rings. The van der Waals surface area contributed by atoms with Crippen molar-refractivity contribution in [1.82, 2.24) is 4.90 Å². The summed E-state index contributed by atoms with van der Waals surface area (Å²) in [5.41, 5.74) is 4.28. The molecule has 1 heterocycles. The zero-order valence-corrected chi connectivity index (χ0v) is 20.3. The predicted octanol–water partition coefficient (Wildman–Crippen LogP) is 5.92. The standard InChI is InChI=1S/C29H27NO4S/c1-18(19-11-13-21(14-12-19)20-7-3-2-4-8-20)35-25-16-15-22(26(25)29(33)34)17-30-27(31)23-9-5-6-10-24(23)28(30)32/h2-14,18,22,25-26H,15-17H2,1H3,(H,33,34)/t18?,22-,25-,26-/m1/s1. The van der Waals surface area contributed by atoms with E-state index in [0.717, 1.165) is 23.1 Å². The van der Waals surface area contributed by atoms with E-state index in [2.05, 4.69) is 43.3 Å². The summed E-state index contributed by atoms with van der Waals surface area (Å²) < 4.78 is 0. The van der Waals surface area contributed by atoms with Crippen molar-refractivity contribution in [3.63, 3.8) is 0 Å². The minimum absolute atomic E-state index is 0.0727. The van der Waals surface area contributed by atoms with Crippen molar-refractivity contribution in [2.24, 2.45) is 11.8 Å². The molecule has 1 saturated carbocycles. The number of hydrogen-bond acceptors (Lipinski definition) is 4. The number of carbonyl (C=O) groups excluding carboxylic acids is 2. The van der Waals surface area contributed by atoms with E-state index >= 15 is 0 Å². The van der Waals surface area contributed by atoms with Crippen molar-refractivity contribution in [3.8, 4) is 11.1 Å². The highest BCUT2D eigenvalue weighted by molar-refractivity contribution is 8.00. The number of benzene rings is 3. The zero-order valence-electron chi connectivity index (χ0n) is 19.5. The smallest absolute Gasteiger partial charge is 0.307 e. The molecular weight excluding hydrogens is 458 g/mol. The van der Waals surface area contributed by atoms with Crippen LogP contribution < -0.4 is 0 Å². The summed E-state index contributed by atoms with van der Waals surface area (Å²) >= 11 is 1.68. The number of aliphatic carboxylic acids is 1. The predicted molar refractivity (Wildman–Crippen MR) is 137 cm³/mol. The van der Waals surface area contributed by atoms with E-state index in [1.165, 1.54) is 4.90 Å². The van der Waals surface area contributed by atoms with Gasteiger partial charge in [0.05, 0.1) is 17.0 Å². The van der Waals surface area contributed by atoms with Gasteiger partial charge in [0.15, 0.2) is 0 Å². The molecule has 2 amide bonds. The average Bonchev–Trinajstić information content (AvgIpc) is 3.39. The highest BCUT2D eigenvalue weighted by Crippen LogP contribution is 2.46. The van der Waals surface area contributed by atoms with Crippen LogP contribution in [0, 0.1) is 11.8 Å². The Hall–Kier alpha value is -3.38. The van der Waals surface area contributed by atoms with E-state index < -0.39 is 11.9 Å². The Kier molecular flexibility index (Phi) is 6.48. The van der Waals surface area contributed by atoms with Gasteiger partial charge in [-0.05, 0) is 54.5 Å². The maximum Gasteiger partial charge on any atom is 0.307 e. The molecule has 1 N–H and O–H groups in total. The summed E-state index contributed by atoms with van der Waals surface area (Å²) in [6.45, 7) is 2.26. The van der Waals surface area contributed by atoms with Gasteiger partial charge in [0.25, 0.3) is 11.8 Å². The number of thioether (sulfide) groups is 1. The molecule has 6 heteroatoms. The highest BCUT2D eigenvalue weighted by Gasteiger charge is 2.45. The molecule has 3 aromatic rings. The van der Waals surface area contributed by atoms with E-state index in [4.69, 9.17) is 0 Å². The molecule has 1 aliphatic carbocycles. The van der Waals surface area contributed by atoms with Gasteiger partial charge < -0.3 is 5.11 Å². The SMILES string of the molecule is CC(S[C@@H]1CC[C@H](CN2C(=O)c3ccccc3C2=O)[C@H]1C(=O)O)c1ccc(-c2ccccc2)cc1. The van der Waals surface area contributed by atoms with Crippen molar-refractivity contribution in [1.29, 1.82) is 0 Å². The Morgan fingerprint density at radius 2 is 1.46 bits per heavy atom. The first-order valence-corrected chi connectivity index (χ1v) is 12.9. The molecule has 2 aliphatic rings. The van der Waals surface area contributed by atoms with Gasteiger partial charge in [-0.25, -0.2) is 0 Å². The second-order valence-electron chi connectivity index (χ2n) is 9.27. The Bertz CT molecular complexity index is 1220. The number of carboxylic acid groups (broad SMARTS) is 1. The Balaban J connectivity index is 1.27. The molecule has 0 radical (unpaired) electrons. The second-order valence-corrected chi connectivity index (χ2v) is 10.9. The van der Waals surface area contributed by atoms with E-state index in [1.807, 2.05) is 18.2 Å². The fourth-order valence-corrected chi connectivity index (χ4v) is 6.94. The number of carbonyl (C=O) groups is 3. The lowest BCUT2D eigenvalue weighted by molar-refractivity contribution is -0.142. The summed E-state index contributed by atoms with van der Waals surface area (Å²) in [6, 6.07) is 25.4. The molecule has 35 heavy (non-hydrogen) atoms. The summed E-state index contributed by atoms with van der Waals surface area (Å²) in [4.78, 5) is 39.1. The van der Waals surface area contributed by atoms with Gasteiger partial charge in [-0.2, -0.15) is 0 Å². The van der Waals surface area contributed by atoms with Crippen molar-refractivity contribution in [2.75, 3.05) is 6.54 Å². The first kappa shape index (κ1) is 23.4. The van der Waals surface area contributed by atoms with E-state index in [9.17, 15) is 19.5 Å². The summed E-state index contributed by atoms with van der Waals surface area (Å²) in [5, 5.41) is 10.1. The van der Waals surface area contributed by atoms with Crippen LogP contribution in [0.5, 0.6) is 0 Å². The molecule has 3 aromatic carbocycles. The van der Waals surface area contributed by atoms with Crippen LogP contribution in [-0.4, -0.2) is 39.6 Å². The Morgan fingerprint density at radius 3 is 2.06 bits per heavy atom. The number of rotatable bonds is 7. The second kappa shape index (κ2) is 9.70. The molecule has 0 aromatic heterocycles. The highest BCUT2D eigenvalue weighted by atomic mass is 32.2. The van der Waals surface area contributed by atoms with Crippen LogP contribution >= 0.6 is 11.8 Å². The van der Waals surface area contributed by atoms with Gasteiger partial charge in [-0.3, -0.25) is 19.3 Å². The molecular formula is C29H27NO4S. The minimum Gasteiger partial charge on any atom is -0.481 e. The van der Waals surface area contributed by atoms with Gasteiger partial charge in [0, 0.05) is 17.0 Å². The maximum atomic E-state index is 12.8. The molecule has 5 nitrogen and oxygen atoms in total. The third-order valence-corrected chi connectivity index (χ3v) is 8.74. The number of carboxylic acids is 1. The number of hydrogen-bond donors (Lipinski definition) is 1. The molecule has 4 atom stereocenters. The molecule has 0 saturated heterocycles. The van der Waals surface area contributed by atoms with Crippen LogP contribution in [0.4, 0.5) is 0 Å². The lowest BCUT2D eigenvalue weighted by Gasteiger charge is -2.26. The maximum absolute atomic E-state index is 12.8. The lowest BCUT2D eigenvalue weighted by Crippen LogP contribution is -2.38. The molecule has 1 aliphatic heterocycles. The first-order chi connectivity index (χ1) is 16.9. The molecule has 1 unspecified atom stereocenters. The monoisotopic (exact) mass is 485 g/mol. The lowest BCUT2D eigenvalue weighted by atomic mass is 9.95. The quantitative estimate of drug-likeness (QED) is 0.420. The van der Waals surface area contributed by atoms with Crippen molar-refractivity contribution < 1.29 is 19.5 Å². The van der Waals surface area contributed by atoms with Crippen molar-refractivity contribution in [3.05, 3.63) is 95.6 Å². The van der Waals surface area contributed by atoms with Crippen LogP contribution in [0.15, 0.2) is 78.9 Å². The van der Waals surface area contributed by atoms with E-state index in [1.54, 1.807) is 36.0 Å². The number of nitrogens with zero attached hydrogens (tertiary/aromatic N) is 1. The van der Waals surface area contributed by atoms with Gasteiger partial charge >= 0.3 is 5.97 Å². The molecule has 5 rings (SSSR count). The van der Waals surface area contributed by atoms with Gasteiger partial charge in [0.1, 0.15) is 0 Å². The summed E-state index contributed by atoms with van der Waals surface area (Å²) in [7, 11) is 0. The summed E-state index contributed by atoms with van der Waals surface area (Å²) in [5.74, 6) is -2.35. The average molecular weight is 486 g/mol. The van der Waals surface area contributed by atoms with Crippen LogP contribution in [0.1, 0.15) is 51.3 Å². The van der Waals surface area contributed by atoms with Crippen LogP contribution in [0.3, 0.4) is 0 Å². The van der Waals surface area contributed by atoms with Gasteiger partial charge in [0.2, 0.25) is 0 Å². The zero-order chi connectivity index (χ0) is 24.5. The fraction of sp³-hybridized carbons (Fsp3) is 0.276. The normalized spacial score (nSPS) is 22.3. The van der Waals surface area contributed by atoms with Gasteiger partial charge in [-0.1, -0.05) is 66.7 Å². The summed E-state index contributed by atoms with van der Waals surface area (Å²) in [6.07, 6.45) is 1.43. The van der Waals surface area contributed by atoms with Crippen LogP contribution in [-0.2, 0) is 4.79 Å². The molecule has 0 spiro atoms. The number of imide groups is 1.